The zero-order valence-corrected chi connectivity index (χ0v) is 34.7. The van der Waals surface area contributed by atoms with Crippen molar-refractivity contribution in [3.8, 4) is 44.5 Å². The molecule has 4 fully saturated rings. The molecule has 1 heterocycles. The number of hydrogen-bond donors (Lipinski definition) is 0. The van der Waals surface area contributed by atoms with Crippen LogP contribution < -0.4 is 4.90 Å². The molecule has 9 aromatic rings. The van der Waals surface area contributed by atoms with Gasteiger partial charge in [0.15, 0.2) is 0 Å². The molecule has 1 spiro atoms. The maximum absolute atomic E-state index is 16.4. The topological polar surface area (TPSA) is 3.24 Å². The zero-order valence-electron chi connectivity index (χ0n) is 33.9. The average molecular weight is 806 g/mol. The highest BCUT2D eigenvalue weighted by molar-refractivity contribution is 7.25. The van der Waals surface area contributed by atoms with E-state index < -0.39 is 0 Å². The van der Waals surface area contributed by atoms with Gasteiger partial charge in [0, 0.05) is 48.2 Å². The normalized spacial score (nSPS) is 21.9. The molecule has 0 unspecified atom stereocenters. The molecular weight excluding hydrogens is 762 g/mol. The van der Waals surface area contributed by atoms with Gasteiger partial charge in [-0.05, 0) is 154 Å². The van der Waals surface area contributed by atoms with Crippen LogP contribution in [0.15, 0.2) is 182 Å². The maximum Gasteiger partial charge on any atom is 0.131 e. The first kappa shape index (κ1) is 35.5. The SMILES string of the molecule is Fc1ccc(-c2ccc3c(c2)sc2cc(N(c4ccc(-c5ccccc5)cc4)c4ccc(-c5ccccc5)cc4)ccc23)c2c1-c1ccccc1C21C2CC3CC(C2)CC1C3. The van der Waals surface area contributed by atoms with Crippen molar-refractivity contribution in [2.45, 2.75) is 37.5 Å². The van der Waals surface area contributed by atoms with E-state index >= 15 is 4.39 Å². The summed E-state index contributed by atoms with van der Waals surface area (Å²) < 4.78 is 18.9. The number of hydrogen-bond acceptors (Lipinski definition) is 2. The van der Waals surface area contributed by atoms with Crippen LogP contribution in [0.2, 0.25) is 0 Å². The van der Waals surface area contributed by atoms with Gasteiger partial charge in [0.2, 0.25) is 0 Å². The van der Waals surface area contributed by atoms with Crippen molar-refractivity contribution >= 4 is 48.6 Å². The maximum atomic E-state index is 16.4. The van der Waals surface area contributed by atoms with E-state index in [1.54, 1.807) is 6.07 Å². The van der Waals surface area contributed by atoms with E-state index in [4.69, 9.17) is 0 Å². The van der Waals surface area contributed by atoms with Crippen LogP contribution in [0, 0.1) is 29.5 Å². The Morgan fingerprint density at radius 3 is 1.57 bits per heavy atom. The molecule has 5 aliphatic carbocycles. The molecule has 5 aliphatic rings. The van der Waals surface area contributed by atoms with Crippen LogP contribution in [-0.2, 0) is 5.41 Å². The van der Waals surface area contributed by atoms with Crippen LogP contribution in [0.3, 0.4) is 0 Å². The Morgan fingerprint density at radius 2 is 0.951 bits per heavy atom. The summed E-state index contributed by atoms with van der Waals surface area (Å²) in [6, 6.07) is 65.8. The predicted molar refractivity (Wildman–Crippen MR) is 254 cm³/mol. The Balaban J connectivity index is 0.927. The van der Waals surface area contributed by atoms with Crippen molar-refractivity contribution in [1.82, 2.24) is 0 Å². The summed E-state index contributed by atoms with van der Waals surface area (Å²) >= 11 is 1.86. The number of anilines is 3. The third-order valence-corrected chi connectivity index (χ3v) is 16.2. The first-order valence-electron chi connectivity index (χ1n) is 22.1. The monoisotopic (exact) mass is 805 g/mol. The van der Waals surface area contributed by atoms with Gasteiger partial charge in [-0.3, -0.25) is 0 Å². The second-order valence-electron chi connectivity index (χ2n) is 18.2. The first-order chi connectivity index (χ1) is 30.1. The average Bonchev–Trinajstić information content (AvgIpc) is 3.83. The minimum absolute atomic E-state index is 0.0682. The van der Waals surface area contributed by atoms with E-state index in [2.05, 4.69) is 181 Å². The lowest BCUT2D eigenvalue weighted by Crippen LogP contribution is -2.55. The molecule has 3 heteroatoms. The number of nitrogens with zero attached hydrogens (tertiary/aromatic N) is 1. The summed E-state index contributed by atoms with van der Waals surface area (Å²) in [5.41, 5.74) is 15.2. The van der Waals surface area contributed by atoms with E-state index in [-0.39, 0.29) is 11.2 Å². The van der Waals surface area contributed by atoms with Gasteiger partial charge in [-0.25, -0.2) is 4.39 Å². The van der Waals surface area contributed by atoms with Crippen molar-refractivity contribution in [2.24, 2.45) is 23.7 Å². The molecule has 1 aromatic heterocycles. The molecule has 4 bridgehead atoms. The van der Waals surface area contributed by atoms with Crippen molar-refractivity contribution in [3.05, 3.63) is 199 Å². The van der Waals surface area contributed by atoms with Crippen molar-refractivity contribution in [3.63, 3.8) is 0 Å². The molecule has 14 rings (SSSR count). The molecule has 0 amide bonds. The largest absolute Gasteiger partial charge is 0.310 e. The molecule has 1 nitrogen and oxygen atoms in total. The smallest absolute Gasteiger partial charge is 0.131 e. The van der Waals surface area contributed by atoms with E-state index in [0.717, 1.165) is 40.0 Å². The number of fused-ring (bicyclic) bond motifs is 6. The highest BCUT2D eigenvalue weighted by Gasteiger charge is 2.62. The van der Waals surface area contributed by atoms with E-state index in [9.17, 15) is 0 Å². The summed E-state index contributed by atoms with van der Waals surface area (Å²) in [7, 11) is 0. The fraction of sp³-hybridized carbons (Fsp3) is 0.172. The molecule has 294 valence electrons. The molecule has 4 saturated carbocycles. The van der Waals surface area contributed by atoms with Crippen LogP contribution in [-0.4, -0.2) is 0 Å². The van der Waals surface area contributed by atoms with E-state index in [0.29, 0.717) is 11.8 Å². The lowest BCUT2D eigenvalue weighted by atomic mass is 9.42. The van der Waals surface area contributed by atoms with Crippen molar-refractivity contribution in [2.75, 3.05) is 4.90 Å². The quantitative estimate of drug-likeness (QED) is 0.162. The molecule has 0 saturated heterocycles. The van der Waals surface area contributed by atoms with Crippen molar-refractivity contribution in [1.29, 1.82) is 0 Å². The van der Waals surface area contributed by atoms with Gasteiger partial charge in [0.05, 0.1) is 0 Å². The van der Waals surface area contributed by atoms with Gasteiger partial charge < -0.3 is 4.90 Å². The third-order valence-electron chi connectivity index (χ3n) is 15.1. The Kier molecular flexibility index (Phi) is 7.91. The Labute approximate surface area is 360 Å². The van der Waals surface area contributed by atoms with Crippen LogP contribution in [0.4, 0.5) is 21.5 Å². The van der Waals surface area contributed by atoms with Crippen LogP contribution in [0.1, 0.15) is 43.2 Å². The van der Waals surface area contributed by atoms with Crippen LogP contribution in [0.25, 0.3) is 64.7 Å². The van der Waals surface area contributed by atoms with Crippen LogP contribution >= 0.6 is 11.3 Å². The molecule has 0 N–H and O–H groups in total. The number of benzene rings is 8. The van der Waals surface area contributed by atoms with Gasteiger partial charge >= 0.3 is 0 Å². The Bertz CT molecular complexity index is 3040. The molecule has 0 atom stereocenters. The minimum Gasteiger partial charge on any atom is -0.310 e. The summed E-state index contributed by atoms with van der Waals surface area (Å²) in [5.74, 6) is 2.75. The second-order valence-corrected chi connectivity index (χ2v) is 19.3. The van der Waals surface area contributed by atoms with Gasteiger partial charge in [-0.2, -0.15) is 0 Å². The standard InChI is InChI=1S/C58H44FNS/c59-53-28-27-48(57-56(53)51-13-7-8-14-52(51)58(57)43-30-36-29-37(32-43)33-44(58)31-36)42-19-25-49-50-26-24-47(35-55(50)61-54(49)34-42)60(45-20-15-40(16-21-45)38-9-3-1-4-10-38)46-22-17-41(18-23-46)39-11-5-2-6-12-39/h1-28,34-37,43-44H,29-33H2. The van der Waals surface area contributed by atoms with Gasteiger partial charge in [-0.1, -0.05) is 133 Å². The fourth-order valence-electron chi connectivity index (χ4n) is 12.9. The van der Waals surface area contributed by atoms with E-state index in [1.165, 1.54) is 96.8 Å². The summed E-state index contributed by atoms with van der Waals surface area (Å²) in [6.45, 7) is 0. The zero-order chi connectivity index (χ0) is 40.2. The Hall–Kier alpha value is -6.29. The lowest BCUT2D eigenvalue weighted by molar-refractivity contribution is -0.0397. The molecule has 0 aliphatic heterocycles. The van der Waals surface area contributed by atoms with Gasteiger partial charge in [0.1, 0.15) is 5.82 Å². The Morgan fingerprint density at radius 1 is 0.443 bits per heavy atom. The highest BCUT2D eigenvalue weighted by atomic mass is 32.1. The summed E-state index contributed by atoms with van der Waals surface area (Å²) in [5, 5.41) is 2.54. The summed E-state index contributed by atoms with van der Waals surface area (Å²) in [4.78, 5) is 2.38. The molecule has 61 heavy (non-hydrogen) atoms. The number of rotatable bonds is 6. The fourth-order valence-corrected chi connectivity index (χ4v) is 14.0. The lowest BCUT2D eigenvalue weighted by Gasteiger charge is -2.61. The van der Waals surface area contributed by atoms with E-state index in [1.807, 2.05) is 11.3 Å². The molecule has 0 radical (unpaired) electrons. The van der Waals surface area contributed by atoms with Gasteiger partial charge in [-0.15, -0.1) is 11.3 Å². The van der Waals surface area contributed by atoms with Crippen molar-refractivity contribution < 1.29 is 4.39 Å². The molecule has 8 aromatic carbocycles. The highest BCUT2D eigenvalue weighted by Crippen LogP contribution is 2.70. The predicted octanol–water partition coefficient (Wildman–Crippen LogP) is 16.4. The second kappa shape index (κ2) is 13.6. The summed E-state index contributed by atoms with van der Waals surface area (Å²) in [6.07, 6.45) is 6.51. The van der Waals surface area contributed by atoms with Gasteiger partial charge in [0.25, 0.3) is 0 Å². The molecular formula is C58H44FNS. The minimum atomic E-state index is -0.108. The first-order valence-corrected chi connectivity index (χ1v) is 22.9. The number of halogens is 1. The van der Waals surface area contributed by atoms with Crippen LogP contribution in [0.5, 0.6) is 0 Å². The third kappa shape index (κ3) is 5.36. The number of thiophene rings is 1.